The normalized spacial score (nSPS) is 15.1. The number of hydrogen-bond acceptors (Lipinski definition) is 6. The van der Waals surface area contributed by atoms with Crippen LogP contribution < -0.4 is 4.90 Å². The lowest BCUT2D eigenvalue weighted by atomic mass is 10.1. The fourth-order valence-electron chi connectivity index (χ4n) is 3.94. The highest BCUT2D eigenvalue weighted by Gasteiger charge is 2.21. The third-order valence-electron chi connectivity index (χ3n) is 5.49. The lowest BCUT2D eigenvalue weighted by Crippen LogP contribution is -2.46. The molecule has 5 rings (SSSR count). The van der Waals surface area contributed by atoms with E-state index in [0.717, 1.165) is 48.5 Å². The Morgan fingerprint density at radius 3 is 2.73 bits per heavy atom. The molecule has 0 spiro atoms. The monoisotopic (exact) mass is 419 g/mol. The van der Waals surface area contributed by atoms with Crippen molar-refractivity contribution in [3.63, 3.8) is 0 Å². The van der Waals surface area contributed by atoms with Crippen LogP contribution in [0.1, 0.15) is 11.4 Å². The molecule has 0 saturated carbocycles. The topological polar surface area (TPSA) is 58.3 Å². The van der Waals surface area contributed by atoms with Gasteiger partial charge in [-0.3, -0.25) is 9.88 Å². The van der Waals surface area contributed by atoms with Gasteiger partial charge in [0.2, 0.25) is 0 Å². The van der Waals surface area contributed by atoms with Crippen molar-refractivity contribution in [2.24, 2.45) is 0 Å². The van der Waals surface area contributed by atoms with E-state index in [0.29, 0.717) is 17.5 Å². The lowest BCUT2D eigenvalue weighted by molar-refractivity contribution is 0.240. The Labute approximate surface area is 180 Å². The Bertz CT molecular complexity index is 1180. The Balaban J connectivity index is 1.25. The molecular formula is C23H22ClN5O. The van der Waals surface area contributed by atoms with Gasteiger partial charge in [-0.05, 0) is 43.3 Å². The maximum Gasteiger partial charge on any atom is 0.257 e. The number of aromatic nitrogens is 3. The summed E-state index contributed by atoms with van der Waals surface area (Å²) in [6, 6.07) is 16.1. The zero-order valence-corrected chi connectivity index (χ0v) is 17.5. The standard InChI is InChI=1S/C23H22ClN5O/c1-16-3-2-4-17(13-16)23-26-22(27-30-23)15-28-9-11-29(12-10-28)21-7-8-25-20-14-18(24)5-6-19(20)21/h2-8,13-14H,9-12,15H2,1H3. The zero-order valence-electron chi connectivity index (χ0n) is 16.8. The van der Waals surface area contributed by atoms with Crippen molar-refractivity contribution in [2.45, 2.75) is 13.5 Å². The predicted molar refractivity (Wildman–Crippen MR) is 119 cm³/mol. The smallest absolute Gasteiger partial charge is 0.257 e. The van der Waals surface area contributed by atoms with Crippen LogP contribution in [0.25, 0.3) is 22.4 Å². The first-order valence-corrected chi connectivity index (χ1v) is 10.4. The van der Waals surface area contributed by atoms with Crippen LogP contribution in [-0.4, -0.2) is 46.2 Å². The van der Waals surface area contributed by atoms with Crippen molar-refractivity contribution < 1.29 is 4.52 Å². The molecule has 0 radical (unpaired) electrons. The number of nitrogens with zero attached hydrogens (tertiary/aromatic N) is 5. The molecule has 0 amide bonds. The van der Waals surface area contributed by atoms with Gasteiger partial charge >= 0.3 is 0 Å². The molecule has 30 heavy (non-hydrogen) atoms. The van der Waals surface area contributed by atoms with Gasteiger partial charge in [0, 0.05) is 54.0 Å². The van der Waals surface area contributed by atoms with Crippen LogP contribution >= 0.6 is 11.6 Å². The molecule has 0 aliphatic carbocycles. The quantitative estimate of drug-likeness (QED) is 0.483. The van der Waals surface area contributed by atoms with Crippen LogP contribution in [0.3, 0.4) is 0 Å². The molecule has 7 heteroatoms. The Morgan fingerprint density at radius 2 is 1.90 bits per heavy atom. The first-order valence-electron chi connectivity index (χ1n) is 10.1. The van der Waals surface area contributed by atoms with Gasteiger partial charge in [-0.15, -0.1) is 0 Å². The first kappa shape index (κ1) is 19.0. The lowest BCUT2D eigenvalue weighted by Gasteiger charge is -2.36. The van der Waals surface area contributed by atoms with Crippen molar-refractivity contribution in [3.05, 3.63) is 71.1 Å². The summed E-state index contributed by atoms with van der Waals surface area (Å²) in [7, 11) is 0. The van der Waals surface area contributed by atoms with E-state index in [4.69, 9.17) is 16.1 Å². The molecular weight excluding hydrogens is 398 g/mol. The van der Waals surface area contributed by atoms with E-state index >= 15 is 0 Å². The summed E-state index contributed by atoms with van der Waals surface area (Å²) in [5, 5.41) is 6.03. The van der Waals surface area contributed by atoms with Crippen molar-refractivity contribution >= 4 is 28.2 Å². The molecule has 1 fully saturated rings. The third-order valence-corrected chi connectivity index (χ3v) is 5.73. The SMILES string of the molecule is Cc1cccc(-c2nc(CN3CCN(c4ccnc5cc(Cl)ccc45)CC3)no2)c1. The van der Waals surface area contributed by atoms with Gasteiger partial charge in [0.15, 0.2) is 5.82 Å². The molecule has 3 heterocycles. The van der Waals surface area contributed by atoms with Crippen molar-refractivity contribution in [1.29, 1.82) is 0 Å². The zero-order chi connectivity index (χ0) is 20.5. The first-order chi connectivity index (χ1) is 14.7. The molecule has 0 bridgehead atoms. The van der Waals surface area contributed by atoms with Gasteiger partial charge in [-0.2, -0.15) is 4.98 Å². The van der Waals surface area contributed by atoms with Crippen molar-refractivity contribution in [3.8, 4) is 11.5 Å². The van der Waals surface area contributed by atoms with E-state index in [-0.39, 0.29) is 0 Å². The second kappa shape index (κ2) is 8.05. The van der Waals surface area contributed by atoms with Gasteiger partial charge in [-0.1, -0.05) is 34.5 Å². The van der Waals surface area contributed by atoms with Crippen LogP contribution in [0.2, 0.25) is 5.02 Å². The largest absolute Gasteiger partial charge is 0.368 e. The minimum atomic E-state index is 0.578. The maximum atomic E-state index is 6.12. The van der Waals surface area contributed by atoms with Gasteiger partial charge in [-0.25, -0.2) is 0 Å². The Morgan fingerprint density at radius 1 is 1.03 bits per heavy atom. The molecule has 2 aromatic heterocycles. The fourth-order valence-corrected chi connectivity index (χ4v) is 4.11. The average molecular weight is 420 g/mol. The van der Waals surface area contributed by atoms with Gasteiger partial charge in [0.05, 0.1) is 12.1 Å². The van der Waals surface area contributed by atoms with Crippen molar-refractivity contribution in [1.82, 2.24) is 20.0 Å². The summed E-state index contributed by atoms with van der Waals surface area (Å²) in [5.74, 6) is 1.30. The summed E-state index contributed by atoms with van der Waals surface area (Å²) in [6.07, 6.45) is 1.85. The summed E-state index contributed by atoms with van der Waals surface area (Å²) in [6.45, 7) is 6.49. The molecule has 4 aromatic rings. The second-order valence-electron chi connectivity index (χ2n) is 7.64. The second-order valence-corrected chi connectivity index (χ2v) is 8.08. The molecule has 0 atom stereocenters. The Kier molecular flexibility index (Phi) is 5.11. The van der Waals surface area contributed by atoms with E-state index in [1.165, 1.54) is 11.3 Å². The Hall–Kier alpha value is -2.96. The number of hydrogen-bond donors (Lipinski definition) is 0. The number of fused-ring (bicyclic) bond motifs is 1. The summed E-state index contributed by atoms with van der Waals surface area (Å²) in [4.78, 5) is 13.8. The summed E-state index contributed by atoms with van der Waals surface area (Å²) >= 11 is 6.12. The highest BCUT2D eigenvalue weighted by molar-refractivity contribution is 6.31. The molecule has 1 aliphatic heterocycles. The number of halogens is 1. The molecule has 152 valence electrons. The van der Waals surface area contributed by atoms with E-state index in [1.807, 2.05) is 30.5 Å². The van der Waals surface area contributed by atoms with Crippen LogP contribution in [0.15, 0.2) is 59.3 Å². The van der Waals surface area contributed by atoms with Crippen LogP contribution in [0, 0.1) is 6.92 Å². The molecule has 1 saturated heterocycles. The molecule has 0 N–H and O–H groups in total. The van der Waals surface area contributed by atoms with Crippen molar-refractivity contribution in [2.75, 3.05) is 31.1 Å². The highest BCUT2D eigenvalue weighted by atomic mass is 35.5. The minimum Gasteiger partial charge on any atom is -0.368 e. The van der Waals surface area contributed by atoms with Crippen LogP contribution in [0.5, 0.6) is 0 Å². The van der Waals surface area contributed by atoms with Crippen LogP contribution in [-0.2, 0) is 6.54 Å². The number of anilines is 1. The van der Waals surface area contributed by atoms with E-state index in [9.17, 15) is 0 Å². The van der Waals surface area contributed by atoms with Gasteiger partial charge in [0.25, 0.3) is 5.89 Å². The number of benzene rings is 2. The van der Waals surface area contributed by atoms with Gasteiger partial charge in [0.1, 0.15) is 0 Å². The number of piperazine rings is 1. The number of aryl methyl sites for hydroxylation is 1. The maximum absolute atomic E-state index is 6.12. The van der Waals surface area contributed by atoms with E-state index in [2.05, 4.69) is 56.1 Å². The molecule has 1 aliphatic rings. The summed E-state index contributed by atoms with van der Waals surface area (Å²) in [5.41, 5.74) is 4.27. The number of rotatable bonds is 4. The van der Waals surface area contributed by atoms with E-state index < -0.39 is 0 Å². The van der Waals surface area contributed by atoms with Crippen LogP contribution in [0.4, 0.5) is 5.69 Å². The fraction of sp³-hybridized carbons (Fsp3) is 0.261. The summed E-state index contributed by atoms with van der Waals surface area (Å²) < 4.78 is 5.48. The highest BCUT2D eigenvalue weighted by Crippen LogP contribution is 2.28. The van der Waals surface area contributed by atoms with E-state index in [1.54, 1.807) is 0 Å². The average Bonchev–Trinajstić information content (AvgIpc) is 3.22. The molecule has 2 aromatic carbocycles. The number of pyridine rings is 1. The molecule has 6 nitrogen and oxygen atoms in total. The third kappa shape index (κ3) is 3.88. The van der Waals surface area contributed by atoms with Gasteiger partial charge < -0.3 is 9.42 Å². The predicted octanol–water partition coefficient (Wildman–Crippen LogP) is 4.57. The minimum absolute atomic E-state index is 0.578. The molecule has 0 unspecified atom stereocenters.